The van der Waals surface area contributed by atoms with Crippen molar-refractivity contribution in [2.24, 2.45) is 5.73 Å². The molecule has 25 heavy (non-hydrogen) atoms. The van der Waals surface area contributed by atoms with E-state index in [1.165, 1.54) is 0 Å². The topological polar surface area (TPSA) is 72.3 Å². The Kier molecular flexibility index (Phi) is 3.79. The van der Waals surface area contributed by atoms with E-state index in [0.717, 1.165) is 6.07 Å². The Morgan fingerprint density at radius 2 is 1.92 bits per heavy atom. The predicted molar refractivity (Wildman–Crippen MR) is 84.6 cm³/mol. The second kappa shape index (κ2) is 5.99. The van der Waals surface area contributed by atoms with Crippen molar-refractivity contribution in [1.29, 1.82) is 0 Å². The number of halogens is 3. The maximum atomic E-state index is 14.0. The summed E-state index contributed by atoms with van der Waals surface area (Å²) in [4.78, 5) is 6.38. The third kappa shape index (κ3) is 2.80. The number of fused-ring (bicyclic) bond motifs is 1. The van der Waals surface area contributed by atoms with Crippen LogP contribution in [0, 0.1) is 17.5 Å². The minimum absolute atomic E-state index is 0.118. The average Bonchev–Trinajstić information content (AvgIpc) is 3.06. The van der Waals surface area contributed by atoms with Crippen LogP contribution in [0.4, 0.5) is 19.0 Å². The van der Waals surface area contributed by atoms with Crippen LogP contribution in [0.15, 0.2) is 30.7 Å². The summed E-state index contributed by atoms with van der Waals surface area (Å²) < 4.78 is 42.3. The van der Waals surface area contributed by atoms with Crippen LogP contribution >= 0.6 is 0 Å². The molecule has 4 rings (SSSR count). The van der Waals surface area contributed by atoms with Crippen molar-refractivity contribution in [3.8, 4) is 0 Å². The molecule has 1 aliphatic rings. The molecular weight excluding hydrogens is 333 g/mol. The number of anilines is 1. The van der Waals surface area contributed by atoms with E-state index in [2.05, 4.69) is 15.2 Å². The van der Waals surface area contributed by atoms with Gasteiger partial charge in [-0.05, 0) is 24.1 Å². The van der Waals surface area contributed by atoms with E-state index < -0.39 is 23.5 Å². The summed E-state index contributed by atoms with van der Waals surface area (Å²) in [6, 6.07) is 2.86. The smallest absolute Gasteiger partial charge is 0.256 e. The largest absolute Gasteiger partial charge is 0.355 e. The molecule has 0 aliphatic carbocycles. The molecule has 3 aromatic rings. The van der Waals surface area contributed by atoms with Crippen molar-refractivity contribution in [1.82, 2.24) is 19.6 Å². The van der Waals surface area contributed by atoms with Crippen LogP contribution < -0.4 is 10.6 Å². The molecule has 3 heterocycles. The van der Waals surface area contributed by atoms with Crippen molar-refractivity contribution < 1.29 is 13.2 Å². The summed E-state index contributed by atoms with van der Waals surface area (Å²) in [5.74, 6) is -2.25. The Morgan fingerprint density at radius 3 is 2.72 bits per heavy atom. The van der Waals surface area contributed by atoms with E-state index in [4.69, 9.17) is 5.73 Å². The van der Waals surface area contributed by atoms with Crippen LogP contribution in [-0.4, -0.2) is 38.7 Å². The van der Waals surface area contributed by atoms with Gasteiger partial charge < -0.3 is 10.6 Å². The standard InChI is InChI=1S/C16H15F3N6/c17-11-6-13(19)12(18)5-10(11)9-1-3-24(7-14(9)20)15-2-4-25-8-21-23-16(25)22-15/h2,4-6,8-9,14H,1,3,7,20H2/t9?,14-/m0/s1. The van der Waals surface area contributed by atoms with E-state index in [0.29, 0.717) is 37.2 Å². The van der Waals surface area contributed by atoms with Crippen LogP contribution in [0.1, 0.15) is 17.9 Å². The van der Waals surface area contributed by atoms with Crippen LogP contribution in [-0.2, 0) is 0 Å². The van der Waals surface area contributed by atoms with Gasteiger partial charge in [0.05, 0.1) is 0 Å². The van der Waals surface area contributed by atoms with Crippen LogP contribution in [0.3, 0.4) is 0 Å². The molecular formula is C16H15F3N6. The zero-order valence-electron chi connectivity index (χ0n) is 13.1. The molecule has 1 aromatic carbocycles. The lowest BCUT2D eigenvalue weighted by atomic mass is 9.85. The molecule has 130 valence electrons. The molecule has 1 unspecified atom stereocenters. The number of piperidine rings is 1. The van der Waals surface area contributed by atoms with E-state index in [1.54, 1.807) is 16.9 Å². The summed E-state index contributed by atoms with van der Waals surface area (Å²) >= 11 is 0. The van der Waals surface area contributed by atoms with Gasteiger partial charge in [-0.25, -0.2) is 13.2 Å². The molecule has 1 aliphatic heterocycles. The fourth-order valence-electron chi connectivity index (χ4n) is 3.28. The maximum absolute atomic E-state index is 14.0. The fourth-order valence-corrected chi connectivity index (χ4v) is 3.28. The Bertz CT molecular complexity index is 927. The van der Waals surface area contributed by atoms with Crippen molar-refractivity contribution in [2.45, 2.75) is 18.4 Å². The number of nitrogens with zero attached hydrogens (tertiary/aromatic N) is 5. The quantitative estimate of drug-likeness (QED) is 0.716. The zero-order chi connectivity index (χ0) is 17.6. The van der Waals surface area contributed by atoms with Crippen molar-refractivity contribution in [3.63, 3.8) is 0 Å². The molecule has 1 fully saturated rings. The molecule has 2 atom stereocenters. The highest BCUT2D eigenvalue weighted by molar-refractivity contribution is 5.45. The summed E-state index contributed by atoms with van der Waals surface area (Å²) in [6.45, 7) is 0.981. The van der Waals surface area contributed by atoms with Crippen molar-refractivity contribution in [3.05, 3.63) is 53.7 Å². The second-order valence-corrected chi connectivity index (χ2v) is 6.12. The molecule has 6 nitrogen and oxygen atoms in total. The van der Waals surface area contributed by atoms with Gasteiger partial charge in [-0.3, -0.25) is 4.40 Å². The van der Waals surface area contributed by atoms with Crippen LogP contribution in [0.25, 0.3) is 5.78 Å². The molecule has 0 bridgehead atoms. The van der Waals surface area contributed by atoms with E-state index in [9.17, 15) is 13.2 Å². The highest BCUT2D eigenvalue weighted by Gasteiger charge is 2.31. The number of hydrogen-bond donors (Lipinski definition) is 1. The van der Waals surface area contributed by atoms with Crippen LogP contribution in [0.2, 0.25) is 0 Å². The molecule has 0 saturated carbocycles. The third-order valence-electron chi connectivity index (χ3n) is 4.57. The van der Waals surface area contributed by atoms with Crippen LogP contribution in [0.5, 0.6) is 0 Å². The molecule has 0 radical (unpaired) electrons. The maximum Gasteiger partial charge on any atom is 0.256 e. The SMILES string of the molecule is N[C@H]1CN(c2ccn3cnnc3n2)CCC1c1cc(F)c(F)cc1F. The lowest BCUT2D eigenvalue weighted by molar-refractivity contribution is 0.416. The molecule has 9 heteroatoms. The fraction of sp³-hybridized carbons (Fsp3) is 0.312. The second-order valence-electron chi connectivity index (χ2n) is 6.12. The normalized spacial score (nSPS) is 21.0. The van der Waals surface area contributed by atoms with Crippen molar-refractivity contribution in [2.75, 3.05) is 18.0 Å². The van der Waals surface area contributed by atoms with E-state index in [-0.39, 0.29) is 11.5 Å². The Balaban J connectivity index is 1.57. The van der Waals surface area contributed by atoms with Gasteiger partial charge in [-0.1, -0.05) is 0 Å². The summed E-state index contributed by atoms with van der Waals surface area (Å²) in [7, 11) is 0. The number of hydrogen-bond acceptors (Lipinski definition) is 5. The Labute approximate surface area is 141 Å². The van der Waals surface area contributed by atoms with Crippen molar-refractivity contribution >= 4 is 11.6 Å². The van der Waals surface area contributed by atoms with Gasteiger partial charge in [0.1, 0.15) is 18.0 Å². The first-order valence-electron chi connectivity index (χ1n) is 7.84. The molecule has 2 N–H and O–H groups in total. The number of aromatic nitrogens is 4. The summed E-state index contributed by atoms with van der Waals surface area (Å²) in [6.07, 6.45) is 3.85. The molecule has 1 saturated heterocycles. The molecule has 0 spiro atoms. The van der Waals surface area contributed by atoms with Gasteiger partial charge in [0, 0.05) is 37.3 Å². The highest BCUT2D eigenvalue weighted by Crippen LogP contribution is 2.32. The average molecular weight is 348 g/mol. The first-order chi connectivity index (χ1) is 12.0. The minimum atomic E-state index is -1.20. The lowest BCUT2D eigenvalue weighted by Gasteiger charge is -2.37. The number of nitrogens with two attached hydrogens (primary N) is 1. The summed E-state index contributed by atoms with van der Waals surface area (Å²) in [5, 5.41) is 7.68. The lowest BCUT2D eigenvalue weighted by Crippen LogP contribution is -2.48. The minimum Gasteiger partial charge on any atom is -0.355 e. The molecule has 0 amide bonds. The van der Waals surface area contributed by atoms with E-state index in [1.807, 2.05) is 11.0 Å². The van der Waals surface area contributed by atoms with Gasteiger partial charge in [0.2, 0.25) is 0 Å². The zero-order valence-corrected chi connectivity index (χ0v) is 13.1. The summed E-state index contributed by atoms with van der Waals surface area (Å²) in [5.41, 5.74) is 6.32. The van der Waals surface area contributed by atoms with Gasteiger partial charge in [0.15, 0.2) is 11.6 Å². The molecule has 2 aromatic heterocycles. The Hall–Kier alpha value is -2.68. The van der Waals surface area contributed by atoms with Gasteiger partial charge in [-0.15, -0.1) is 10.2 Å². The first kappa shape index (κ1) is 15.8. The van der Waals surface area contributed by atoms with E-state index >= 15 is 0 Å². The third-order valence-corrected chi connectivity index (χ3v) is 4.57. The Morgan fingerprint density at radius 1 is 1.12 bits per heavy atom. The van der Waals surface area contributed by atoms with Gasteiger partial charge in [0.25, 0.3) is 5.78 Å². The monoisotopic (exact) mass is 348 g/mol. The first-order valence-corrected chi connectivity index (χ1v) is 7.84. The predicted octanol–water partition coefficient (Wildman–Crippen LogP) is 1.86. The highest BCUT2D eigenvalue weighted by atomic mass is 19.2. The van der Waals surface area contributed by atoms with Gasteiger partial charge in [-0.2, -0.15) is 4.98 Å². The number of rotatable bonds is 2. The number of benzene rings is 1. The van der Waals surface area contributed by atoms with Gasteiger partial charge >= 0.3 is 0 Å².